The molecule has 1 aliphatic rings. The van der Waals surface area contributed by atoms with Crippen LogP contribution in [0.5, 0.6) is 0 Å². The predicted molar refractivity (Wildman–Crippen MR) is 189 cm³/mol. The molecule has 5 aromatic rings. The molecule has 1 atom stereocenters. The molecule has 0 fully saturated rings. The summed E-state index contributed by atoms with van der Waals surface area (Å²) < 4.78 is 0. The molecule has 0 amide bonds. The molecule has 1 heteroatoms. The molecule has 1 nitrogen and oxygen atoms in total. The Labute approximate surface area is 262 Å². The fraction of sp³-hybridized carbons (Fsp3) is 0.140. The number of benzene rings is 5. The lowest BCUT2D eigenvalue weighted by molar-refractivity contribution is 0.923. The van der Waals surface area contributed by atoms with Gasteiger partial charge in [0, 0.05) is 11.6 Å². The van der Waals surface area contributed by atoms with E-state index in [4.69, 9.17) is 4.99 Å². The van der Waals surface area contributed by atoms with Gasteiger partial charge in [-0.25, -0.2) is 0 Å². The minimum atomic E-state index is 0.260. The van der Waals surface area contributed by atoms with Gasteiger partial charge in [0.15, 0.2) is 0 Å². The number of rotatable bonds is 8. The van der Waals surface area contributed by atoms with Gasteiger partial charge in [0.05, 0.1) is 5.70 Å². The van der Waals surface area contributed by atoms with Crippen LogP contribution in [0.25, 0.3) is 27.8 Å². The lowest BCUT2D eigenvalue weighted by atomic mass is 9.86. The molecule has 0 spiro atoms. The fourth-order valence-electron chi connectivity index (χ4n) is 6.10. The van der Waals surface area contributed by atoms with E-state index in [2.05, 4.69) is 172 Å². The summed E-state index contributed by atoms with van der Waals surface area (Å²) in [6.45, 7) is 6.64. The highest BCUT2D eigenvalue weighted by Crippen LogP contribution is 2.37. The molecular formula is C43H39N. The van der Waals surface area contributed by atoms with Crippen LogP contribution in [0, 0.1) is 6.92 Å². The highest BCUT2D eigenvalue weighted by Gasteiger charge is 2.17. The normalized spacial score (nSPS) is 14.5. The summed E-state index contributed by atoms with van der Waals surface area (Å²) in [5.74, 6) is 0.260. The summed E-state index contributed by atoms with van der Waals surface area (Å²) in [7, 11) is 0. The first-order valence-electron chi connectivity index (χ1n) is 15.6. The summed E-state index contributed by atoms with van der Waals surface area (Å²) in [5.41, 5.74) is 14.9. The third kappa shape index (κ3) is 6.63. The van der Waals surface area contributed by atoms with Gasteiger partial charge in [-0.15, -0.1) is 0 Å². The van der Waals surface area contributed by atoms with Gasteiger partial charge in [0.25, 0.3) is 0 Å². The van der Waals surface area contributed by atoms with Gasteiger partial charge < -0.3 is 0 Å². The first-order chi connectivity index (χ1) is 21.6. The van der Waals surface area contributed by atoms with Gasteiger partial charge in [-0.2, -0.15) is 0 Å². The van der Waals surface area contributed by atoms with Crippen LogP contribution in [0.2, 0.25) is 0 Å². The van der Waals surface area contributed by atoms with Crippen LogP contribution in [0.1, 0.15) is 54.9 Å². The second-order valence-corrected chi connectivity index (χ2v) is 11.6. The topological polar surface area (TPSA) is 12.4 Å². The largest absolute Gasteiger partial charge is 0.253 e. The van der Waals surface area contributed by atoms with Crippen molar-refractivity contribution < 1.29 is 0 Å². The summed E-state index contributed by atoms with van der Waals surface area (Å²) in [6.07, 6.45) is 8.89. The van der Waals surface area contributed by atoms with Gasteiger partial charge in [-0.05, 0) is 88.4 Å². The number of aliphatic imine (C=N–C) groups is 1. The van der Waals surface area contributed by atoms with Crippen molar-refractivity contribution in [1.82, 2.24) is 0 Å². The van der Waals surface area contributed by atoms with Crippen LogP contribution in [0.3, 0.4) is 0 Å². The maximum atomic E-state index is 5.22. The van der Waals surface area contributed by atoms with Crippen molar-refractivity contribution in [3.05, 3.63) is 185 Å². The molecular weight excluding hydrogens is 530 g/mol. The number of hydrogen-bond donors (Lipinski definition) is 0. The number of hydrogen-bond acceptors (Lipinski definition) is 1. The lowest BCUT2D eigenvalue weighted by Gasteiger charge is -2.20. The van der Waals surface area contributed by atoms with Crippen LogP contribution >= 0.6 is 0 Å². The van der Waals surface area contributed by atoms with Crippen molar-refractivity contribution in [2.24, 2.45) is 4.99 Å². The van der Waals surface area contributed by atoms with Crippen molar-refractivity contribution >= 4 is 11.3 Å². The van der Waals surface area contributed by atoms with Crippen LogP contribution in [0.15, 0.2) is 168 Å². The maximum absolute atomic E-state index is 5.22. The first kappa shape index (κ1) is 29.1. The average Bonchev–Trinajstić information content (AvgIpc) is 3.09. The monoisotopic (exact) mass is 569 g/mol. The summed E-state index contributed by atoms with van der Waals surface area (Å²) in [6, 6.07) is 47.4. The van der Waals surface area contributed by atoms with Crippen molar-refractivity contribution in [3.8, 4) is 22.3 Å². The zero-order valence-electron chi connectivity index (χ0n) is 25.9. The highest BCUT2D eigenvalue weighted by molar-refractivity contribution is 5.99. The molecule has 216 valence electrons. The average molecular weight is 570 g/mol. The Morgan fingerprint density at radius 1 is 0.636 bits per heavy atom. The van der Waals surface area contributed by atoms with Crippen molar-refractivity contribution in [1.29, 1.82) is 0 Å². The fourth-order valence-corrected chi connectivity index (χ4v) is 6.10. The Kier molecular flexibility index (Phi) is 8.94. The van der Waals surface area contributed by atoms with E-state index in [0.29, 0.717) is 0 Å². The number of allylic oxidation sites excluding steroid dienone is 5. The molecule has 1 aliphatic carbocycles. The molecule has 44 heavy (non-hydrogen) atoms. The molecule has 0 heterocycles. The van der Waals surface area contributed by atoms with Crippen molar-refractivity contribution in [3.63, 3.8) is 0 Å². The Morgan fingerprint density at radius 2 is 1.25 bits per heavy atom. The van der Waals surface area contributed by atoms with Crippen LogP contribution in [-0.2, 0) is 0 Å². The third-order valence-electron chi connectivity index (χ3n) is 8.65. The zero-order valence-corrected chi connectivity index (χ0v) is 25.9. The smallest absolute Gasteiger partial charge is 0.0631 e. The van der Waals surface area contributed by atoms with Gasteiger partial charge in [-0.1, -0.05) is 153 Å². The molecule has 0 saturated carbocycles. The second kappa shape index (κ2) is 13.5. The molecule has 5 aromatic carbocycles. The van der Waals surface area contributed by atoms with E-state index in [1.807, 2.05) is 0 Å². The minimum Gasteiger partial charge on any atom is -0.253 e. The van der Waals surface area contributed by atoms with E-state index in [9.17, 15) is 0 Å². The second-order valence-electron chi connectivity index (χ2n) is 11.6. The van der Waals surface area contributed by atoms with Crippen LogP contribution in [0.4, 0.5) is 0 Å². The highest BCUT2D eigenvalue weighted by atomic mass is 14.8. The summed E-state index contributed by atoms with van der Waals surface area (Å²) in [5, 5.41) is 0. The Balaban J connectivity index is 1.33. The maximum Gasteiger partial charge on any atom is 0.0631 e. The molecule has 6 rings (SSSR count). The van der Waals surface area contributed by atoms with E-state index >= 15 is 0 Å². The quantitative estimate of drug-likeness (QED) is 0.165. The van der Waals surface area contributed by atoms with Gasteiger partial charge in [-0.3, -0.25) is 4.99 Å². The van der Waals surface area contributed by atoms with Crippen LogP contribution in [-0.4, -0.2) is 5.71 Å². The lowest BCUT2D eigenvalue weighted by Crippen LogP contribution is -2.02. The molecule has 0 aromatic heterocycles. The van der Waals surface area contributed by atoms with Crippen LogP contribution < -0.4 is 0 Å². The van der Waals surface area contributed by atoms with E-state index in [1.165, 1.54) is 50.1 Å². The number of nitrogens with zero attached hydrogens (tertiary/aromatic N) is 1. The Hall–Kier alpha value is -5.01. The van der Waals surface area contributed by atoms with Gasteiger partial charge >= 0.3 is 0 Å². The Morgan fingerprint density at radius 3 is 1.95 bits per heavy atom. The SMILES string of the molecule is CC(=N/C(=C\C(C)c1ccccc1)C1=CC=C(c2cccc(-c3cccc(-c4ccccc4)c3)c2C)CC1)c1ccccc1. The molecule has 1 unspecified atom stereocenters. The minimum absolute atomic E-state index is 0.260. The molecule has 0 bridgehead atoms. The molecule has 0 saturated heterocycles. The van der Waals surface area contributed by atoms with E-state index in [1.54, 1.807) is 0 Å². The van der Waals surface area contributed by atoms with Crippen molar-refractivity contribution in [2.45, 2.75) is 39.5 Å². The Bertz CT molecular complexity index is 1850. The summed E-state index contributed by atoms with van der Waals surface area (Å²) in [4.78, 5) is 5.22. The first-order valence-corrected chi connectivity index (χ1v) is 15.6. The molecule has 0 N–H and O–H groups in total. The zero-order chi connectivity index (χ0) is 30.3. The third-order valence-corrected chi connectivity index (χ3v) is 8.65. The van der Waals surface area contributed by atoms with Gasteiger partial charge in [0.2, 0.25) is 0 Å². The standard InChI is InChI=1S/C43H39N/c1-31(34-15-7-4-8-16-34)29-43(44-33(3)35-17-9-5-10-18-35)38-27-25-37(26-28-38)41-23-14-24-42(32(41)2)40-22-13-21-39(30-40)36-19-11-6-12-20-36/h4-25,27,29-31H,26,28H2,1-3H3/b43-29-,44-33?. The summed E-state index contributed by atoms with van der Waals surface area (Å²) >= 11 is 0. The van der Waals surface area contributed by atoms with Gasteiger partial charge in [0.1, 0.15) is 0 Å². The van der Waals surface area contributed by atoms with E-state index < -0.39 is 0 Å². The van der Waals surface area contributed by atoms with E-state index in [0.717, 1.165) is 29.8 Å². The van der Waals surface area contributed by atoms with Crippen molar-refractivity contribution in [2.75, 3.05) is 0 Å². The van der Waals surface area contributed by atoms with E-state index in [-0.39, 0.29) is 5.92 Å². The molecule has 0 aliphatic heterocycles. The predicted octanol–water partition coefficient (Wildman–Crippen LogP) is 11.6. The molecule has 0 radical (unpaired) electrons.